The standard InChI is InChI=1S/C15H23NO/c1-12-6-8-13(9-7-12)14(17)16-11-5-10-15(2,3)4/h6-9H,5,10-11H2,1-4H3,(H,16,17). The van der Waals surface area contributed by atoms with E-state index in [9.17, 15) is 4.79 Å². The van der Waals surface area contributed by atoms with Crippen LogP contribution in [-0.4, -0.2) is 12.5 Å². The molecule has 0 aliphatic carbocycles. The summed E-state index contributed by atoms with van der Waals surface area (Å²) in [7, 11) is 0. The van der Waals surface area contributed by atoms with E-state index in [1.165, 1.54) is 5.56 Å². The van der Waals surface area contributed by atoms with Crippen LogP contribution < -0.4 is 5.32 Å². The van der Waals surface area contributed by atoms with Crippen molar-refractivity contribution >= 4 is 5.91 Å². The topological polar surface area (TPSA) is 29.1 Å². The summed E-state index contributed by atoms with van der Waals surface area (Å²) in [4.78, 5) is 11.8. The summed E-state index contributed by atoms with van der Waals surface area (Å²) in [5, 5.41) is 2.95. The smallest absolute Gasteiger partial charge is 0.251 e. The Kier molecular flexibility index (Phi) is 4.73. The van der Waals surface area contributed by atoms with Gasteiger partial charge in [0.15, 0.2) is 0 Å². The van der Waals surface area contributed by atoms with Gasteiger partial charge in [0.2, 0.25) is 0 Å². The van der Waals surface area contributed by atoms with Crippen molar-refractivity contribution in [1.82, 2.24) is 5.32 Å². The van der Waals surface area contributed by atoms with E-state index in [1.54, 1.807) is 0 Å². The molecular weight excluding hydrogens is 210 g/mol. The Bertz CT molecular complexity index is 360. The van der Waals surface area contributed by atoms with E-state index in [1.807, 2.05) is 31.2 Å². The van der Waals surface area contributed by atoms with Gasteiger partial charge >= 0.3 is 0 Å². The molecule has 0 heterocycles. The summed E-state index contributed by atoms with van der Waals surface area (Å²) in [6.07, 6.45) is 2.16. The van der Waals surface area contributed by atoms with E-state index in [-0.39, 0.29) is 5.91 Å². The van der Waals surface area contributed by atoms with Crippen molar-refractivity contribution in [3.8, 4) is 0 Å². The largest absolute Gasteiger partial charge is 0.352 e. The molecule has 0 radical (unpaired) electrons. The van der Waals surface area contributed by atoms with E-state index in [2.05, 4.69) is 26.1 Å². The number of rotatable bonds is 4. The number of benzene rings is 1. The zero-order valence-electron chi connectivity index (χ0n) is 11.3. The van der Waals surface area contributed by atoms with Gasteiger partial charge in [-0.25, -0.2) is 0 Å². The van der Waals surface area contributed by atoms with Crippen molar-refractivity contribution in [2.75, 3.05) is 6.54 Å². The van der Waals surface area contributed by atoms with Gasteiger partial charge in [0.1, 0.15) is 0 Å². The molecule has 1 N–H and O–H groups in total. The molecule has 0 spiro atoms. The lowest BCUT2D eigenvalue weighted by Gasteiger charge is -2.17. The van der Waals surface area contributed by atoms with Gasteiger partial charge in [0.05, 0.1) is 0 Å². The minimum atomic E-state index is 0.0268. The molecule has 0 fully saturated rings. The number of carbonyl (C=O) groups is 1. The van der Waals surface area contributed by atoms with Crippen LogP contribution in [0.1, 0.15) is 49.5 Å². The average Bonchev–Trinajstić information content (AvgIpc) is 2.24. The van der Waals surface area contributed by atoms with Gasteiger partial charge in [0, 0.05) is 12.1 Å². The summed E-state index contributed by atoms with van der Waals surface area (Å²) in [6.45, 7) is 9.42. The second-order valence-electron chi connectivity index (χ2n) is 5.79. The van der Waals surface area contributed by atoms with E-state index in [0.717, 1.165) is 24.9 Å². The van der Waals surface area contributed by atoms with Crippen LogP contribution in [0.3, 0.4) is 0 Å². The molecule has 1 amide bonds. The van der Waals surface area contributed by atoms with Crippen LogP contribution in [0.4, 0.5) is 0 Å². The highest BCUT2D eigenvalue weighted by molar-refractivity contribution is 5.94. The summed E-state index contributed by atoms with van der Waals surface area (Å²) in [5.74, 6) is 0.0268. The van der Waals surface area contributed by atoms with Crippen LogP contribution in [0.25, 0.3) is 0 Å². The molecular formula is C15H23NO. The fraction of sp³-hybridized carbons (Fsp3) is 0.533. The van der Waals surface area contributed by atoms with Gasteiger partial charge in [-0.05, 0) is 37.3 Å². The Morgan fingerprint density at radius 2 is 1.76 bits per heavy atom. The van der Waals surface area contributed by atoms with E-state index in [0.29, 0.717) is 5.41 Å². The van der Waals surface area contributed by atoms with Crippen molar-refractivity contribution < 1.29 is 4.79 Å². The van der Waals surface area contributed by atoms with Gasteiger partial charge in [-0.3, -0.25) is 4.79 Å². The Morgan fingerprint density at radius 3 is 2.29 bits per heavy atom. The van der Waals surface area contributed by atoms with Crippen molar-refractivity contribution in [3.63, 3.8) is 0 Å². The highest BCUT2D eigenvalue weighted by atomic mass is 16.1. The Morgan fingerprint density at radius 1 is 1.18 bits per heavy atom. The maximum absolute atomic E-state index is 11.8. The molecule has 0 saturated heterocycles. The first-order chi connectivity index (χ1) is 7.88. The van der Waals surface area contributed by atoms with Crippen LogP contribution in [0, 0.1) is 12.3 Å². The molecule has 0 aliphatic heterocycles. The highest BCUT2D eigenvalue weighted by Gasteiger charge is 2.10. The molecule has 17 heavy (non-hydrogen) atoms. The Balaban J connectivity index is 2.33. The lowest BCUT2D eigenvalue weighted by molar-refractivity contribution is 0.0951. The van der Waals surface area contributed by atoms with Crippen LogP contribution in [0.2, 0.25) is 0 Å². The third-order valence-corrected chi connectivity index (χ3v) is 2.70. The fourth-order valence-corrected chi connectivity index (χ4v) is 1.63. The molecule has 0 aliphatic rings. The lowest BCUT2D eigenvalue weighted by atomic mass is 9.91. The quantitative estimate of drug-likeness (QED) is 0.792. The monoisotopic (exact) mass is 233 g/mol. The number of hydrogen-bond donors (Lipinski definition) is 1. The van der Waals surface area contributed by atoms with Crippen LogP contribution in [-0.2, 0) is 0 Å². The Hall–Kier alpha value is -1.31. The molecule has 2 nitrogen and oxygen atoms in total. The van der Waals surface area contributed by atoms with Crippen LogP contribution >= 0.6 is 0 Å². The van der Waals surface area contributed by atoms with Gasteiger partial charge in [0.25, 0.3) is 5.91 Å². The second kappa shape index (κ2) is 5.85. The molecule has 0 bridgehead atoms. The second-order valence-corrected chi connectivity index (χ2v) is 5.79. The first-order valence-electron chi connectivity index (χ1n) is 6.23. The van der Waals surface area contributed by atoms with Crippen molar-refractivity contribution in [2.45, 2.75) is 40.5 Å². The Labute approximate surface area is 104 Å². The third kappa shape index (κ3) is 5.53. The minimum absolute atomic E-state index is 0.0268. The van der Waals surface area contributed by atoms with Crippen LogP contribution in [0.5, 0.6) is 0 Å². The molecule has 0 aromatic heterocycles. The maximum atomic E-state index is 11.8. The third-order valence-electron chi connectivity index (χ3n) is 2.70. The zero-order valence-corrected chi connectivity index (χ0v) is 11.3. The SMILES string of the molecule is Cc1ccc(C(=O)NCCCC(C)(C)C)cc1. The molecule has 0 atom stereocenters. The summed E-state index contributed by atoms with van der Waals surface area (Å²) in [6, 6.07) is 7.66. The molecule has 0 unspecified atom stereocenters. The molecule has 1 aromatic carbocycles. The predicted molar refractivity (Wildman–Crippen MR) is 72.2 cm³/mol. The van der Waals surface area contributed by atoms with E-state index in [4.69, 9.17) is 0 Å². The number of amides is 1. The first kappa shape index (κ1) is 13.8. The van der Waals surface area contributed by atoms with Gasteiger partial charge in [-0.15, -0.1) is 0 Å². The van der Waals surface area contributed by atoms with E-state index >= 15 is 0 Å². The number of nitrogens with one attached hydrogen (secondary N) is 1. The zero-order chi connectivity index (χ0) is 12.9. The van der Waals surface area contributed by atoms with Crippen LogP contribution in [0.15, 0.2) is 24.3 Å². The summed E-state index contributed by atoms with van der Waals surface area (Å²) < 4.78 is 0. The molecule has 2 heteroatoms. The predicted octanol–water partition coefficient (Wildman–Crippen LogP) is 3.55. The number of hydrogen-bond acceptors (Lipinski definition) is 1. The minimum Gasteiger partial charge on any atom is -0.352 e. The molecule has 1 aromatic rings. The molecule has 1 rings (SSSR count). The van der Waals surface area contributed by atoms with Gasteiger partial charge in [-0.2, -0.15) is 0 Å². The first-order valence-corrected chi connectivity index (χ1v) is 6.23. The van der Waals surface area contributed by atoms with Gasteiger partial charge in [-0.1, -0.05) is 38.5 Å². The fourth-order valence-electron chi connectivity index (χ4n) is 1.63. The van der Waals surface area contributed by atoms with Crippen molar-refractivity contribution in [1.29, 1.82) is 0 Å². The van der Waals surface area contributed by atoms with Crippen molar-refractivity contribution in [3.05, 3.63) is 35.4 Å². The van der Waals surface area contributed by atoms with Gasteiger partial charge < -0.3 is 5.32 Å². The lowest BCUT2D eigenvalue weighted by Crippen LogP contribution is -2.25. The molecule has 0 saturated carbocycles. The summed E-state index contributed by atoms with van der Waals surface area (Å²) in [5.41, 5.74) is 2.26. The average molecular weight is 233 g/mol. The maximum Gasteiger partial charge on any atom is 0.251 e. The number of aryl methyl sites for hydroxylation is 1. The summed E-state index contributed by atoms with van der Waals surface area (Å²) >= 11 is 0. The molecule has 94 valence electrons. The highest BCUT2D eigenvalue weighted by Crippen LogP contribution is 2.19. The number of carbonyl (C=O) groups excluding carboxylic acids is 1. The normalized spacial score (nSPS) is 11.3. The van der Waals surface area contributed by atoms with Crippen molar-refractivity contribution in [2.24, 2.45) is 5.41 Å². The van der Waals surface area contributed by atoms with E-state index < -0.39 is 0 Å².